The molecule has 0 atom stereocenters. The Hall–Kier alpha value is -4.93. The monoisotopic (exact) mass is 504 g/mol. The molecule has 2 aromatic heterocycles. The number of aryl methyl sites for hydroxylation is 1. The van der Waals surface area contributed by atoms with E-state index >= 15 is 0 Å². The van der Waals surface area contributed by atoms with Crippen molar-refractivity contribution in [3.8, 4) is 17.2 Å². The fraction of sp³-hybridized carbons (Fsp3) is 0.115. The molecule has 0 spiro atoms. The quantitative estimate of drug-likeness (QED) is 0.356. The maximum absolute atomic E-state index is 15.0. The van der Waals surface area contributed by atoms with Crippen molar-refractivity contribution in [1.82, 2.24) is 19.6 Å². The van der Waals surface area contributed by atoms with Crippen LogP contribution < -0.4 is 20.5 Å². The Labute approximate surface area is 209 Å². The first-order valence-electron chi connectivity index (χ1n) is 11.2. The number of H-pyrrole nitrogens is 1. The van der Waals surface area contributed by atoms with Crippen molar-refractivity contribution in [1.29, 1.82) is 0 Å². The Balaban J connectivity index is 1.38. The highest BCUT2D eigenvalue weighted by molar-refractivity contribution is 6.04. The number of halogens is 2. The normalized spacial score (nSPS) is 11.1. The molecule has 9 nitrogen and oxygen atoms in total. The molecule has 0 saturated carbocycles. The molecule has 0 aliphatic heterocycles. The van der Waals surface area contributed by atoms with Gasteiger partial charge in [0, 0.05) is 44.5 Å². The van der Waals surface area contributed by atoms with E-state index in [9.17, 15) is 18.4 Å². The molecular formula is C26H22F2N6O3. The molecule has 0 bridgehead atoms. The molecule has 188 valence electrons. The van der Waals surface area contributed by atoms with Gasteiger partial charge in [-0.25, -0.2) is 13.5 Å². The lowest BCUT2D eigenvalue weighted by atomic mass is 10.2. The highest BCUT2D eigenvalue weighted by atomic mass is 19.1. The Morgan fingerprint density at radius 1 is 1.05 bits per heavy atom. The van der Waals surface area contributed by atoms with Gasteiger partial charge in [-0.05, 0) is 48.5 Å². The first-order valence-corrected chi connectivity index (χ1v) is 11.2. The molecule has 2 N–H and O–H groups in total. The van der Waals surface area contributed by atoms with Gasteiger partial charge in [0.05, 0.1) is 23.1 Å². The van der Waals surface area contributed by atoms with E-state index in [-0.39, 0.29) is 17.0 Å². The Kier molecular flexibility index (Phi) is 5.96. The van der Waals surface area contributed by atoms with Gasteiger partial charge in [-0.1, -0.05) is 0 Å². The molecule has 0 aliphatic rings. The fourth-order valence-corrected chi connectivity index (χ4v) is 3.96. The summed E-state index contributed by atoms with van der Waals surface area (Å²) in [7, 11) is 5.26. The zero-order valence-corrected chi connectivity index (χ0v) is 20.1. The van der Waals surface area contributed by atoms with E-state index < -0.39 is 23.1 Å². The topological polar surface area (TPSA) is 97.2 Å². The maximum atomic E-state index is 15.0. The molecular weight excluding hydrogens is 482 g/mol. The van der Waals surface area contributed by atoms with Crippen LogP contribution in [0.2, 0.25) is 0 Å². The molecule has 5 rings (SSSR count). The van der Waals surface area contributed by atoms with E-state index in [0.29, 0.717) is 11.4 Å². The SMILES string of the molecule is CN(C)c1cc2[nH]ncc2cc1Oc1ccc(NC(=O)c2cn(C)n(-c3ccc(F)cc3)c2=O)cc1F. The minimum Gasteiger partial charge on any atom is -0.452 e. The Bertz CT molecular complexity index is 1690. The van der Waals surface area contributed by atoms with Crippen molar-refractivity contribution < 1.29 is 18.3 Å². The molecule has 1 amide bonds. The van der Waals surface area contributed by atoms with Gasteiger partial charge in [0.25, 0.3) is 11.5 Å². The summed E-state index contributed by atoms with van der Waals surface area (Å²) >= 11 is 0. The number of hydrogen-bond acceptors (Lipinski definition) is 5. The summed E-state index contributed by atoms with van der Waals surface area (Å²) in [6.45, 7) is 0. The fourth-order valence-electron chi connectivity index (χ4n) is 3.96. The van der Waals surface area contributed by atoms with Gasteiger partial charge in [0.15, 0.2) is 17.3 Å². The number of amides is 1. The number of nitrogens with one attached hydrogen (secondary N) is 2. The summed E-state index contributed by atoms with van der Waals surface area (Å²) in [5, 5.41) is 10.2. The van der Waals surface area contributed by atoms with Gasteiger partial charge in [-0.15, -0.1) is 0 Å². The molecule has 3 aromatic carbocycles. The largest absolute Gasteiger partial charge is 0.452 e. The van der Waals surface area contributed by atoms with Crippen molar-refractivity contribution in [2.45, 2.75) is 0 Å². The number of carbonyl (C=O) groups excluding carboxylic acids is 1. The average Bonchev–Trinajstić information content (AvgIpc) is 3.44. The minimum atomic E-state index is -0.713. The third-order valence-electron chi connectivity index (χ3n) is 5.78. The van der Waals surface area contributed by atoms with E-state index in [1.165, 1.54) is 52.0 Å². The standard InChI is InChI=1S/C26H22F2N6O3/c1-32(2)22-12-21-15(13-29-31-21)10-24(22)37-23-9-6-17(11-20(23)28)30-25(35)19-14-33(3)34(26(19)36)18-7-4-16(27)5-8-18/h4-14H,1-3H3,(H,29,31)(H,30,35). The zero-order chi connectivity index (χ0) is 26.3. The number of carbonyl (C=O) groups is 1. The number of hydrogen-bond donors (Lipinski definition) is 2. The van der Waals surface area contributed by atoms with Crippen LogP contribution in [0.5, 0.6) is 11.5 Å². The predicted molar refractivity (Wildman–Crippen MR) is 136 cm³/mol. The van der Waals surface area contributed by atoms with Gasteiger partial charge < -0.3 is 15.0 Å². The minimum absolute atomic E-state index is 0.0395. The second-order valence-corrected chi connectivity index (χ2v) is 8.58. The number of aromatic nitrogens is 4. The third kappa shape index (κ3) is 4.54. The van der Waals surface area contributed by atoms with Crippen LogP contribution in [-0.2, 0) is 7.05 Å². The molecule has 37 heavy (non-hydrogen) atoms. The van der Waals surface area contributed by atoms with E-state index in [1.54, 1.807) is 19.3 Å². The first-order chi connectivity index (χ1) is 17.7. The first kappa shape index (κ1) is 23.8. The third-order valence-corrected chi connectivity index (χ3v) is 5.78. The van der Waals surface area contributed by atoms with Crippen molar-refractivity contribution in [3.05, 3.63) is 94.5 Å². The predicted octanol–water partition coefficient (Wildman–Crippen LogP) is 4.44. The van der Waals surface area contributed by atoms with E-state index in [1.807, 2.05) is 25.1 Å². The molecule has 5 aromatic rings. The van der Waals surface area contributed by atoms with Crippen molar-refractivity contribution in [2.75, 3.05) is 24.3 Å². The van der Waals surface area contributed by atoms with E-state index in [2.05, 4.69) is 15.5 Å². The van der Waals surface area contributed by atoms with Crippen LogP contribution in [0.3, 0.4) is 0 Å². The number of rotatable bonds is 6. The number of nitrogens with zero attached hydrogens (tertiary/aromatic N) is 4. The molecule has 0 saturated heterocycles. The molecule has 11 heteroatoms. The lowest BCUT2D eigenvalue weighted by Crippen LogP contribution is -2.25. The molecule has 0 unspecified atom stereocenters. The smallest absolute Gasteiger partial charge is 0.284 e. The van der Waals surface area contributed by atoms with Gasteiger partial charge >= 0.3 is 0 Å². The zero-order valence-electron chi connectivity index (χ0n) is 20.1. The molecule has 0 radical (unpaired) electrons. The lowest BCUT2D eigenvalue weighted by Gasteiger charge is -2.18. The van der Waals surface area contributed by atoms with Gasteiger partial charge in [0.1, 0.15) is 11.4 Å². The van der Waals surface area contributed by atoms with Gasteiger partial charge in [-0.3, -0.25) is 19.4 Å². The summed E-state index contributed by atoms with van der Waals surface area (Å²) in [4.78, 5) is 27.5. The van der Waals surface area contributed by atoms with Crippen LogP contribution in [0, 0.1) is 11.6 Å². The second-order valence-electron chi connectivity index (χ2n) is 8.58. The van der Waals surface area contributed by atoms with Crippen LogP contribution in [0.1, 0.15) is 10.4 Å². The number of benzene rings is 3. The van der Waals surface area contributed by atoms with Gasteiger partial charge in [0.2, 0.25) is 0 Å². The van der Waals surface area contributed by atoms with Crippen LogP contribution in [0.15, 0.2) is 71.8 Å². The molecule has 0 fully saturated rings. The van der Waals surface area contributed by atoms with Gasteiger partial charge in [-0.2, -0.15) is 5.10 Å². The average molecular weight is 504 g/mol. The number of aromatic amines is 1. The van der Waals surface area contributed by atoms with Crippen LogP contribution >= 0.6 is 0 Å². The van der Waals surface area contributed by atoms with E-state index in [4.69, 9.17) is 4.74 Å². The summed E-state index contributed by atoms with van der Waals surface area (Å²) in [6.07, 6.45) is 2.99. The highest BCUT2D eigenvalue weighted by Gasteiger charge is 2.19. The second kappa shape index (κ2) is 9.26. The highest BCUT2D eigenvalue weighted by Crippen LogP contribution is 2.36. The summed E-state index contributed by atoms with van der Waals surface area (Å²) < 4.78 is 36.7. The van der Waals surface area contributed by atoms with Crippen LogP contribution in [-0.4, -0.2) is 39.6 Å². The number of ether oxygens (including phenoxy) is 1. The summed E-state index contributed by atoms with van der Waals surface area (Å²) in [5.74, 6) is -1.47. The van der Waals surface area contributed by atoms with Crippen molar-refractivity contribution >= 4 is 28.2 Å². The van der Waals surface area contributed by atoms with E-state index in [0.717, 1.165) is 22.7 Å². The van der Waals surface area contributed by atoms with Crippen LogP contribution in [0.4, 0.5) is 20.2 Å². The summed E-state index contributed by atoms with van der Waals surface area (Å²) in [5.41, 5.74) is 1.31. The Morgan fingerprint density at radius 2 is 1.81 bits per heavy atom. The lowest BCUT2D eigenvalue weighted by molar-refractivity contribution is 0.102. The summed E-state index contributed by atoms with van der Waals surface area (Å²) in [6, 6.07) is 12.9. The number of fused-ring (bicyclic) bond motifs is 1. The Morgan fingerprint density at radius 3 is 2.51 bits per heavy atom. The van der Waals surface area contributed by atoms with Crippen molar-refractivity contribution in [3.63, 3.8) is 0 Å². The number of anilines is 2. The van der Waals surface area contributed by atoms with Crippen molar-refractivity contribution in [2.24, 2.45) is 7.05 Å². The molecule has 2 heterocycles. The molecule has 0 aliphatic carbocycles. The van der Waals surface area contributed by atoms with Crippen LogP contribution in [0.25, 0.3) is 16.6 Å². The maximum Gasteiger partial charge on any atom is 0.284 e.